The summed E-state index contributed by atoms with van der Waals surface area (Å²) in [5, 5.41) is 7.66. The summed E-state index contributed by atoms with van der Waals surface area (Å²) < 4.78 is 25.4. The third-order valence-corrected chi connectivity index (χ3v) is 3.98. The van der Waals surface area contributed by atoms with Crippen LogP contribution in [0.1, 0.15) is 24.2 Å². The van der Waals surface area contributed by atoms with Crippen molar-refractivity contribution in [1.29, 1.82) is 0 Å². The van der Waals surface area contributed by atoms with Crippen LogP contribution in [-0.4, -0.2) is 23.5 Å². The minimum absolute atomic E-state index is 0.141. The quantitative estimate of drug-likeness (QED) is 0.643. The zero-order chi connectivity index (χ0) is 20.0. The predicted molar refractivity (Wildman–Crippen MR) is 101 cm³/mol. The lowest BCUT2D eigenvalue weighted by molar-refractivity contribution is -0.115. The van der Waals surface area contributed by atoms with Gasteiger partial charge in [0.15, 0.2) is 0 Å². The Bertz CT molecular complexity index is 840. The highest BCUT2D eigenvalue weighted by Crippen LogP contribution is 2.32. The van der Waals surface area contributed by atoms with E-state index in [1.807, 2.05) is 0 Å². The van der Waals surface area contributed by atoms with Crippen molar-refractivity contribution < 1.29 is 23.2 Å². The third-order valence-electron chi connectivity index (χ3n) is 3.19. The molecular weight excluding hydrogens is 376 g/mol. The summed E-state index contributed by atoms with van der Waals surface area (Å²) in [6.45, 7) is 2.62. The first-order valence-electron chi connectivity index (χ1n) is 7.80. The van der Waals surface area contributed by atoms with Crippen LogP contribution in [0.3, 0.4) is 0 Å². The standard InChI is InChI=1S/C18H17F2N3O3S/c1-10(24)21-13-7-12(8-14(9-13)22-11(2)25)17(26)23-15-5-3-4-6-16(15)27-18(19)20/h3-9,18H,1-2H3,(H,21,24)(H,22,25)(H,23,26). The van der Waals surface area contributed by atoms with Gasteiger partial charge in [-0.1, -0.05) is 23.9 Å². The number of halogens is 2. The van der Waals surface area contributed by atoms with Crippen molar-refractivity contribution in [2.24, 2.45) is 0 Å². The number of hydrogen-bond acceptors (Lipinski definition) is 4. The minimum atomic E-state index is -2.63. The van der Waals surface area contributed by atoms with Crippen molar-refractivity contribution in [2.45, 2.75) is 24.5 Å². The van der Waals surface area contributed by atoms with Gasteiger partial charge >= 0.3 is 0 Å². The van der Waals surface area contributed by atoms with Gasteiger partial charge in [-0.3, -0.25) is 14.4 Å². The highest BCUT2D eigenvalue weighted by atomic mass is 32.2. The minimum Gasteiger partial charge on any atom is -0.326 e. The van der Waals surface area contributed by atoms with E-state index < -0.39 is 11.7 Å². The molecule has 0 spiro atoms. The maximum Gasteiger partial charge on any atom is 0.288 e. The van der Waals surface area contributed by atoms with E-state index in [1.54, 1.807) is 12.1 Å². The van der Waals surface area contributed by atoms with Crippen LogP contribution >= 0.6 is 11.8 Å². The Balaban J connectivity index is 2.32. The van der Waals surface area contributed by atoms with Crippen LogP contribution < -0.4 is 16.0 Å². The van der Waals surface area contributed by atoms with Crippen molar-refractivity contribution in [1.82, 2.24) is 0 Å². The fourth-order valence-electron chi connectivity index (χ4n) is 2.27. The molecule has 2 aromatic carbocycles. The number of amides is 3. The third kappa shape index (κ3) is 6.37. The Morgan fingerprint density at radius 2 is 1.44 bits per heavy atom. The van der Waals surface area contributed by atoms with Gasteiger partial charge in [0.05, 0.1) is 5.69 Å². The first-order chi connectivity index (χ1) is 12.7. The zero-order valence-electron chi connectivity index (χ0n) is 14.5. The molecule has 0 saturated heterocycles. The van der Waals surface area contributed by atoms with E-state index in [1.165, 1.54) is 44.2 Å². The topological polar surface area (TPSA) is 87.3 Å². The van der Waals surface area contributed by atoms with E-state index in [4.69, 9.17) is 0 Å². The highest BCUT2D eigenvalue weighted by Gasteiger charge is 2.14. The Kier molecular flexibility index (Phi) is 6.89. The van der Waals surface area contributed by atoms with Crippen LogP contribution in [0.5, 0.6) is 0 Å². The van der Waals surface area contributed by atoms with E-state index in [-0.39, 0.29) is 28.0 Å². The number of nitrogens with one attached hydrogen (secondary N) is 3. The maximum absolute atomic E-state index is 12.7. The first kappa shape index (κ1) is 20.4. The number of carbonyl (C=O) groups is 3. The summed E-state index contributed by atoms with van der Waals surface area (Å²) in [6, 6.07) is 10.5. The second-order valence-corrected chi connectivity index (χ2v) is 6.52. The van der Waals surface area contributed by atoms with Crippen molar-refractivity contribution in [3.05, 3.63) is 48.0 Å². The number of alkyl halides is 2. The molecule has 6 nitrogen and oxygen atoms in total. The first-order valence-corrected chi connectivity index (χ1v) is 8.68. The summed E-state index contributed by atoms with van der Waals surface area (Å²) >= 11 is 0.323. The van der Waals surface area contributed by atoms with Gasteiger partial charge in [0.1, 0.15) is 0 Å². The molecule has 0 aromatic heterocycles. The summed E-state index contributed by atoms with van der Waals surface area (Å²) in [5.74, 6) is -3.89. The molecule has 0 heterocycles. The molecule has 9 heteroatoms. The molecule has 0 radical (unpaired) electrons. The molecule has 0 bridgehead atoms. The van der Waals surface area contributed by atoms with Gasteiger partial charge < -0.3 is 16.0 Å². The second-order valence-electron chi connectivity index (χ2n) is 5.49. The second kappa shape index (κ2) is 9.13. The molecule has 2 aromatic rings. The van der Waals surface area contributed by atoms with Crippen LogP contribution in [-0.2, 0) is 9.59 Å². The summed E-state index contributed by atoms with van der Waals surface area (Å²) in [7, 11) is 0. The molecule has 2 rings (SSSR count). The molecule has 0 atom stereocenters. The summed E-state index contributed by atoms with van der Waals surface area (Å²) in [6.07, 6.45) is 0. The van der Waals surface area contributed by atoms with Crippen LogP contribution in [0, 0.1) is 0 Å². The lowest BCUT2D eigenvalue weighted by atomic mass is 10.1. The van der Waals surface area contributed by atoms with Crippen molar-refractivity contribution in [2.75, 3.05) is 16.0 Å². The predicted octanol–water partition coefficient (Wildman–Crippen LogP) is 4.17. The van der Waals surface area contributed by atoms with E-state index >= 15 is 0 Å². The molecule has 3 N–H and O–H groups in total. The van der Waals surface area contributed by atoms with Crippen molar-refractivity contribution in [3.63, 3.8) is 0 Å². The molecule has 142 valence electrons. The molecule has 0 aliphatic rings. The lowest BCUT2D eigenvalue weighted by Crippen LogP contribution is -2.15. The fraction of sp³-hybridized carbons (Fsp3) is 0.167. The van der Waals surface area contributed by atoms with Gasteiger partial charge in [0, 0.05) is 35.7 Å². The molecule has 0 fully saturated rings. The zero-order valence-corrected chi connectivity index (χ0v) is 15.3. The number of anilines is 3. The monoisotopic (exact) mass is 393 g/mol. The van der Waals surface area contributed by atoms with E-state index in [2.05, 4.69) is 16.0 Å². The van der Waals surface area contributed by atoms with Gasteiger partial charge in [-0.25, -0.2) is 0 Å². The number of carbonyl (C=O) groups excluding carboxylic acids is 3. The van der Waals surface area contributed by atoms with E-state index in [0.717, 1.165) is 0 Å². The summed E-state index contributed by atoms with van der Waals surface area (Å²) in [4.78, 5) is 35.4. The number of rotatable bonds is 6. The van der Waals surface area contributed by atoms with Gasteiger partial charge in [-0.05, 0) is 30.3 Å². The molecule has 0 aliphatic heterocycles. The normalized spacial score (nSPS) is 10.4. The highest BCUT2D eigenvalue weighted by molar-refractivity contribution is 7.99. The van der Waals surface area contributed by atoms with Crippen molar-refractivity contribution >= 4 is 46.5 Å². The van der Waals surface area contributed by atoms with Gasteiger partial charge in [-0.2, -0.15) is 8.78 Å². The molecule has 0 aliphatic carbocycles. The molecule has 0 saturated carbocycles. The Morgan fingerprint density at radius 3 is 1.96 bits per heavy atom. The maximum atomic E-state index is 12.7. The lowest BCUT2D eigenvalue weighted by Gasteiger charge is -2.13. The number of para-hydroxylation sites is 1. The SMILES string of the molecule is CC(=O)Nc1cc(NC(C)=O)cc(C(=O)Nc2ccccc2SC(F)F)c1. The average Bonchev–Trinajstić information content (AvgIpc) is 2.54. The average molecular weight is 393 g/mol. The van der Waals surface area contributed by atoms with Crippen molar-refractivity contribution in [3.8, 4) is 0 Å². The fourth-order valence-corrected chi connectivity index (χ4v) is 2.87. The largest absolute Gasteiger partial charge is 0.326 e. The van der Waals surface area contributed by atoms with Gasteiger partial charge in [-0.15, -0.1) is 0 Å². The van der Waals surface area contributed by atoms with E-state index in [0.29, 0.717) is 23.1 Å². The molecule has 3 amide bonds. The van der Waals surface area contributed by atoms with Crippen LogP contribution in [0.15, 0.2) is 47.4 Å². The van der Waals surface area contributed by atoms with Gasteiger partial charge in [0.2, 0.25) is 11.8 Å². The van der Waals surface area contributed by atoms with Crippen LogP contribution in [0.2, 0.25) is 0 Å². The number of benzene rings is 2. The summed E-state index contributed by atoms with van der Waals surface area (Å²) in [5.41, 5.74) is 1.00. The van der Waals surface area contributed by atoms with Crippen LogP contribution in [0.4, 0.5) is 25.8 Å². The Morgan fingerprint density at radius 1 is 0.889 bits per heavy atom. The smallest absolute Gasteiger partial charge is 0.288 e. The van der Waals surface area contributed by atoms with Gasteiger partial charge in [0.25, 0.3) is 11.7 Å². The van der Waals surface area contributed by atoms with Crippen LogP contribution in [0.25, 0.3) is 0 Å². The number of thioether (sulfide) groups is 1. The molecule has 27 heavy (non-hydrogen) atoms. The molecular formula is C18H17F2N3O3S. The Hall–Kier alpha value is -2.94. The molecule has 0 unspecified atom stereocenters. The van der Waals surface area contributed by atoms with E-state index in [9.17, 15) is 23.2 Å². The Labute approximate surface area is 158 Å². The number of hydrogen-bond donors (Lipinski definition) is 3.